The van der Waals surface area contributed by atoms with Gasteiger partial charge in [-0.25, -0.2) is 0 Å². The molecule has 0 aliphatic heterocycles. The van der Waals surface area contributed by atoms with E-state index in [0.29, 0.717) is 33.6 Å². The predicted molar refractivity (Wildman–Crippen MR) is 130 cm³/mol. The normalized spacial score (nSPS) is 10.5. The number of carbonyl (C=O) groups excluding carboxylic acids is 2. The molecule has 0 spiro atoms. The monoisotopic (exact) mass is 480 g/mol. The summed E-state index contributed by atoms with van der Waals surface area (Å²) in [5.41, 5.74) is 7.72. The molecule has 0 aliphatic rings. The minimum atomic E-state index is -0.456. The van der Waals surface area contributed by atoms with Crippen molar-refractivity contribution in [3.8, 4) is 5.75 Å². The summed E-state index contributed by atoms with van der Waals surface area (Å²) in [6.45, 7) is 0. The molecule has 0 saturated carbocycles. The number of ether oxygens (including phenoxy) is 1. The molecule has 0 saturated heterocycles. The van der Waals surface area contributed by atoms with E-state index in [-0.39, 0.29) is 21.5 Å². The van der Waals surface area contributed by atoms with Gasteiger partial charge in [0.05, 0.1) is 45.2 Å². The quantitative estimate of drug-likeness (QED) is 0.314. The molecule has 33 heavy (non-hydrogen) atoms. The highest BCUT2D eigenvalue weighted by Crippen LogP contribution is 2.29. The number of pyridine rings is 1. The zero-order valence-electron chi connectivity index (χ0n) is 17.4. The first-order valence-electron chi connectivity index (χ1n) is 9.82. The van der Waals surface area contributed by atoms with E-state index in [9.17, 15) is 9.59 Å². The van der Waals surface area contributed by atoms with E-state index >= 15 is 0 Å². The van der Waals surface area contributed by atoms with Crippen LogP contribution in [0.5, 0.6) is 5.75 Å². The van der Waals surface area contributed by atoms with E-state index in [4.69, 9.17) is 27.9 Å². The summed E-state index contributed by atoms with van der Waals surface area (Å²) in [6.07, 6.45) is 1.57. The summed E-state index contributed by atoms with van der Waals surface area (Å²) >= 11 is 12.3. The Kier molecular flexibility index (Phi) is 6.63. The highest BCUT2D eigenvalue weighted by Gasteiger charge is 2.17. The second-order valence-corrected chi connectivity index (χ2v) is 7.70. The topological polar surface area (TPSA) is 92.3 Å². The van der Waals surface area contributed by atoms with E-state index in [1.165, 1.54) is 7.11 Å². The molecule has 1 heterocycles. The third kappa shape index (κ3) is 4.69. The van der Waals surface area contributed by atoms with Gasteiger partial charge in [-0.2, -0.15) is 0 Å². The lowest BCUT2D eigenvalue weighted by atomic mass is 10.1. The number of amides is 2. The van der Waals surface area contributed by atoms with Crippen LogP contribution in [-0.4, -0.2) is 23.9 Å². The van der Waals surface area contributed by atoms with Gasteiger partial charge in [-0.15, -0.1) is 0 Å². The number of nitrogens with zero attached hydrogens (tertiary/aromatic N) is 1. The van der Waals surface area contributed by atoms with Crippen LogP contribution in [0, 0.1) is 0 Å². The molecule has 0 aliphatic carbocycles. The fourth-order valence-corrected chi connectivity index (χ4v) is 3.88. The average molecular weight is 481 g/mol. The zero-order chi connectivity index (χ0) is 23.4. The lowest BCUT2D eigenvalue weighted by Crippen LogP contribution is -2.29. The van der Waals surface area contributed by atoms with E-state index in [1.54, 1.807) is 66.9 Å². The number of rotatable bonds is 6. The summed E-state index contributed by atoms with van der Waals surface area (Å²) in [6, 6.07) is 18.8. The largest absolute Gasteiger partial charge is 0.496 e. The standard InChI is InChI=1S/C24H18Cl2N4O3/c1-33-20-11-3-2-6-15(20)23(31)30-29-18-12-13-27-22-14(18)7-4-10-19(22)28-24(32)21-16(25)8-5-9-17(21)26/h2-13H,1H3,(H,27,29)(H,28,32)(H,30,31). The lowest BCUT2D eigenvalue weighted by molar-refractivity contribution is 0.0958. The molecule has 3 aromatic carbocycles. The molecular weight excluding hydrogens is 463 g/mol. The van der Waals surface area contributed by atoms with Crippen LogP contribution >= 0.6 is 23.2 Å². The van der Waals surface area contributed by atoms with Crippen molar-refractivity contribution in [1.82, 2.24) is 10.4 Å². The third-order valence-electron chi connectivity index (χ3n) is 4.87. The van der Waals surface area contributed by atoms with Crippen LogP contribution < -0.4 is 20.9 Å². The number of halogens is 2. The van der Waals surface area contributed by atoms with Crippen LogP contribution in [0.1, 0.15) is 20.7 Å². The molecule has 0 fully saturated rings. The van der Waals surface area contributed by atoms with Gasteiger partial charge in [0.15, 0.2) is 0 Å². The van der Waals surface area contributed by atoms with Crippen LogP contribution in [0.25, 0.3) is 10.9 Å². The van der Waals surface area contributed by atoms with Crippen molar-refractivity contribution in [2.75, 3.05) is 17.9 Å². The molecule has 2 amide bonds. The molecule has 3 N–H and O–H groups in total. The number of hydrazine groups is 1. The molecule has 0 bridgehead atoms. The molecule has 7 nitrogen and oxygen atoms in total. The first-order valence-corrected chi connectivity index (χ1v) is 10.6. The fourth-order valence-electron chi connectivity index (χ4n) is 3.31. The maximum absolute atomic E-state index is 12.8. The Bertz CT molecular complexity index is 1340. The van der Waals surface area contributed by atoms with Gasteiger partial charge in [0.2, 0.25) is 0 Å². The molecule has 9 heteroatoms. The van der Waals surface area contributed by atoms with Crippen molar-refractivity contribution in [1.29, 1.82) is 0 Å². The van der Waals surface area contributed by atoms with Gasteiger partial charge < -0.3 is 10.1 Å². The molecule has 4 aromatic rings. The molecule has 166 valence electrons. The van der Waals surface area contributed by atoms with Gasteiger partial charge in [0, 0.05) is 11.6 Å². The van der Waals surface area contributed by atoms with Gasteiger partial charge in [0.25, 0.3) is 11.8 Å². The number of hydrogen-bond donors (Lipinski definition) is 3. The van der Waals surface area contributed by atoms with Crippen molar-refractivity contribution in [3.05, 3.63) is 94.1 Å². The van der Waals surface area contributed by atoms with Gasteiger partial charge in [-0.3, -0.25) is 25.4 Å². The second-order valence-electron chi connectivity index (χ2n) is 6.89. The Morgan fingerprint density at radius 1 is 0.848 bits per heavy atom. The van der Waals surface area contributed by atoms with Crippen molar-refractivity contribution in [2.24, 2.45) is 0 Å². The Balaban J connectivity index is 1.59. The number of carbonyl (C=O) groups is 2. The molecular formula is C24H18Cl2N4O3. The first-order chi connectivity index (χ1) is 16.0. The van der Waals surface area contributed by atoms with Crippen LogP contribution in [-0.2, 0) is 0 Å². The minimum Gasteiger partial charge on any atom is -0.496 e. The number of methoxy groups -OCH3 is 1. The van der Waals surface area contributed by atoms with Gasteiger partial charge in [-0.1, -0.05) is 53.5 Å². The number of para-hydroxylation sites is 2. The third-order valence-corrected chi connectivity index (χ3v) is 5.50. The Hall–Kier alpha value is -3.81. The maximum atomic E-state index is 12.8. The highest BCUT2D eigenvalue weighted by molar-refractivity contribution is 6.40. The van der Waals surface area contributed by atoms with E-state index in [0.717, 1.165) is 0 Å². The summed E-state index contributed by atoms with van der Waals surface area (Å²) in [4.78, 5) is 29.8. The van der Waals surface area contributed by atoms with E-state index in [1.807, 2.05) is 6.07 Å². The molecule has 0 unspecified atom stereocenters. The Labute approximate surface area is 199 Å². The predicted octanol–water partition coefficient (Wildman–Crippen LogP) is 5.56. The van der Waals surface area contributed by atoms with Crippen LogP contribution in [0.3, 0.4) is 0 Å². The molecule has 0 radical (unpaired) electrons. The molecule has 1 aromatic heterocycles. The Morgan fingerprint density at radius 2 is 1.58 bits per heavy atom. The molecule has 4 rings (SSSR count). The smallest absolute Gasteiger partial charge is 0.273 e. The second kappa shape index (κ2) is 9.77. The van der Waals surface area contributed by atoms with Gasteiger partial charge in [-0.05, 0) is 36.4 Å². The first kappa shape index (κ1) is 22.4. The van der Waals surface area contributed by atoms with Crippen molar-refractivity contribution >= 4 is 57.3 Å². The number of aromatic nitrogens is 1. The number of fused-ring (bicyclic) bond motifs is 1. The van der Waals surface area contributed by atoms with Crippen LogP contribution in [0.15, 0.2) is 72.9 Å². The number of anilines is 2. The highest BCUT2D eigenvalue weighted by atomic mass is 35.5. The van der Waals surface area contributed by atoms with Crippen LogP contribution in [0.2, 0.25) is 10.0 Å². The number of nitrogens with one attached hydrogen (secondary N) is 3. The summed E-state index contributed by atoms with van der Waals surface area (Å²) in [5.74, 6) is -0.363. The molecule has 0 atom stereocenters. The fraction of sp³-hybridized carbons (Fsp3) is 0.0417. The summed E-state index contributed by atoms with van der Waals surface area (Å²) in [7, 11) is 1.50. The Morgan fingerprint density at radius 3 is 2.33 bits per heavy atom. The zero-order valence-corrected chi connectivity index (χ0v) is 18.9. The SMILES string of the molecule is COc1ccccc1C(=O)NNc1ccnc2c(NC(=O)c3c(Cl)cccc3Cl)cccc12. The lowest BCUT2D eigenvalue weighted by Gasteiger charge is -2.14. The summed E-state index contributed by atoms with van der Waals surface area (Å²) in [5, 5.41) is 3.99. The maximum Gasteiger partial charge on any atom is 0.273 e. The van der Waals surface area contributed by atoms with Gasteiger partial charge >= 0.3 is 0 Å². The minimum absolute atomic E-state index is 0.177. The van der Waals surface area contributed by atoms with E-state index < -0.39 is 5.91 Å². The summed E-state index contributed by atoms with van der Waals surface area (Å²) < 4.78 is 5.24. The van der Waals surface area contributed by atoms with E-state index in [2.05, 4.69) is 21.2 Å². The van der Waals surface area contributed by atoms with Gasteiger partial charge in [0.1, 0.15) is 5.75 Å². The number of hydrogen-bond acceptors (Lipinski definition) is 5. The number of benzene rings is 3. The van der Waals surface area contributed by atoms with Crippen molar-refractivity contribution in [3.63, 3.8) is 0 Å². The van der Waals surface area contributed by atoms with Crippen molar-refractivity contribution in [2.45, 2.75) is 0 Å². The van der Waals surface area contributed by atoms with Crippen LogP contribution in [0.4, 0.5) is 11.4 Å². The van der Waals surface area contributed by atoms with Crippen molar-refractivity contribution < 1.29 is 14.3 Å². The average Bonchev–Trinajstić information content (AvgIpc) is 2.82.